The molecule has 1 heterocycles. The van der Waals surface area contributed by atoms with E-state index in [9.17, 15) is 0 Å². The first-order valence-electron chi connectivity index (χ1n) is 5.66. The molecule has 14 heavy (non-hydrogen) atoms. The summed E-state index contributed by atoms with van der Waals surface area (Å²) in [5.41, 5.74) is 5.85. The van der Waals surface area contributed by atoms with Crippen molar-refractivity contribution in [1.29, 1.82) is 0 Å². The van der Waals surface area contributed by atoms with Crippen LogP contribution in [0.3, 0.4) is 0 Å². The lowest BCUT2D eigenvalue weighted by molar-refractivity contribution is 0.0108. The first-order chi connectivity index (χ1) is 6.66. The Morgan fingerprint density at radius 3 is 2.64 bits per heavy atom. The van der Waals surface area contributed by atoms with Gasteiger partial charge in [0.1, 0.15) is 0 Å². The third kappa shape index (κ3) is 2.94. The van der Waals surface area contributed by atoms with Gasteiger partial charge in [0.2, 0.25) is 0 Å². The van der Waals surface area contributed by atoms with Crippen LogP contribution < -0.4 is 5.73 Å². The van der Waals surface area contributed by atoms with Crippen molar-refractivity contribution in [3.63, 3.8) is 0 Å². The van der Waals surface area contributed by atoms with Crippen LogP contribution in [0.2, 0.25) is 0 Å². The van der Waals surface area contributed by atoms with Crippen molar-refractivity contribution in [3.8, 4) is 0 Å². The monoisotopic (exact) mass is 200 g/mol. The van der Waals surface area contributed by atoms with Crippen LogP contribution >= 0.6 is 0 Å². The molecule has 0 aromatic rings. The molecule has 0 saturated carbocycles. The van der Waals surface area contributed by atoms with Gasteiger partial charge in [-0.2, -0.15) is 0 Å². The van der Waals surface area contributed by atoms with Crippen molar-refractivity contribution in [2.24, 2.45) is 11.7 Å². The lowest BCUT2D eigenvalue weighted by atomic mass is 9.92. The molecule has 1 saturated heterocycles. The zero-order chi connectivity index (χ0) is 10.6. The van der Waals surface area contributed by atoms with Crippen LogP contribution in [0.4, 0.5) is 0 Å². The van der Waals surface area contributed by atoms with Crippen molar-refractivity contribution in [1.82, 2.24) is 4.90 Å². The van der Waals surface area contributed by atoms with Gasteiger partial charge in [-0.15, -0.1) is 0 Å². The summed E-state index contributed by atoms with van der Waals surface area (Å²) in [4.78, 5) is 2.37. The molecule has 0 aromatic heterocycles. The minimum atomic E-state index is 0.482. The van der Waals surface area contributed by atoms with Crippen LogP contribution in [-0.4, -0.2) is 43.8 Å². The molecule has 1 fully saturated rings. The molecule has 0 aliphatic carbocycles. The number of nitrogens with two attached hydrogens (primary N) is 1. The van der Waals surface area contributed by atoms with Gasteiger partial charge in [-0.1, -0.05) is 0 Å². The van der Waals surface area contributed by atoms with E-state index >= 15 is 0 Å². The SMILES string of the molecule is CC(C)N(C)C(CN)C1CCCOC1. The number of hydrogen-bond donors (Lipinski definition) is 1. The molecular formula is C11H24N2O. The van der Waals surface area contributed by atoms with Crippen LogP contribution in [0, 0.1) is 5.92 Å². The van der Waals surface area contributed by atoms with Crippen LogP contribution in [0.5, 0.6) is 0 Å². The van der Waals surface area contributed by atoms with Gasteiger partial charge in [0, 0.05) is 25.2 Å². The second-order valence-electron chi connectivity index (χ2n) is 4.54. The average molecular weight is 200 g/mol. The van der Waals surface area contributed by atoms with E-state index < -0.39 is 0 Å². The lowest BCUT2D eigenvalue weighted by Gasteiger charge is -2.37. The number of nitrogens with zero attached hydrogens (tertiary/aromatic N) is 1. The van der Waals surface area contributed by atoms with Crippen LogP contribution in [0.25, 0.3) is 0 Å². The quantitative estimate of drug-likeness (QED) is 0.738. The Bertz CT molecular complexity index is 155. The fraction of sp³-hybridized carbons (Fsp3) is 1.00. The number of rotatable bonds is 4. The molecule has 0 amide bonds. The van der Waals surface area contributed by atoms with Crippen LogP contribution in [-0.2, 0) is 4.74 Å². The Labute approximate surface area is 87.6 Å². The van der Waals surface area contributed by atoms with E-state index in [2.05, 4.69) is 25.8 Å². The summed E-state index contributed by atoms with van der Waals surface area (Å²) in [6, 6.07) is 1.04. The topological polar surface area (TPSA) is 38.5 Å². The predicted octanol–water partition coefficient (Wildman–Crippen LogP) is 1.08. The largest absolute Gasteiger partial charge is 0.381 e. The van der Waals surface area contributed by atoms with E-state index in [4.69, 9.17) is 10.5 Å². The molecule has 2 atom stereocenters. The Hall–Kier alpha value is -0.120. The van der Waals surface area contributed by atoms with Gasteiger partial charge in [-0.3, -0.25) is 4.90 Å². The van der Waals surface area contributed by atoms with E-state index in [0.717, 1.165) is 19.8 Å². The van der Waals surface area contributed by atoms with Crippen LogP contribution in [0.1, 0.15) is 26.7 Å². The van der Waals surface area contributed by atoms with E-state index in [1.165, 1.54) is 12.8 Å². The fourth-order valence-electron chi connectivity index (χ4n) is 2.14. The van der Waals surface area contributed by atoms with Gasteiger partial charge in [-0.05, 0) is 39.7 Å². The summed E-state index contributed by atoms with van der Waals surface area (Å²) in [6.45, 7) is 6.99. The van der Waals surface area contributed by atoms with Crippen LogP contribution in [0.15, 0.2) is 0 Å². The smallest absolute Gasteiger partial charge is 0.0509 e. The highest BCUT2D eigenvalue weighted by Crippen LogP contribution is 2.21. The Morgan fingerprint density at radius 1 is 1.50 bits per heavy atom. The molecule has 3 heteroatoms. The summed E-state index contributed by atoms with van der Waals surface area (Å²) < 4.78 is 5.51. The fourth-order valence-corrected chi connectivity index (χ4v) is 2.14. The number of hydrogen-bond acceptors (Lipinski definition) is 3. The second-order valence-corrected chi connectivity index (χ2v) is 4.54. The van der Waals surface area contributed by atoms with Crippen molar-refractivity contribution >= 4 is 0 Å². The first-order valence-corrected chi connectivity index (χ1v) is 5.66. The summed E-state index contributed by atoms with van der Waals surface area (Å²) in [6.07, 6.45) is 2.45. The molecule has 1 rings (SSSR count). The van der Waals surface area contributed by atoms with E-state index in [1.54, 1.807) is 0 Å². The van der Waals surface area contributed by atoms with Crippen molar-refractivity contribution in [3.05, 3.63) is 0 Å². The molecule has 1 aliphatic heterocycles. The molecule has 0 aromatic carbocycles. The van der Waals surface area contributed by atoms with Gasteiger partial charge >= 0.3 is 0 Å². The highest BCUT2D eigenvalue weighted by Gasteiger charge is 2.27. The second kappa shape index (κ2) is 5.69. The Balaban J connectivity index is 2.50. The Morgan fingerprint density at radius 2 is 2.21 bits per heavy atom. The third-order valence-electron chi connectivity index (χ3n) is 3.32. The molecule has 2 unspecified atom stereocenters. The van der Waals surface area contributed by atoms with E-state index in [0.29, 0.717) is 18.0 Å². The van der Waals surface area contributed by atoms with Crippen molar-refractivity contribution < 1.29 is 4.74 Å². The van der Waals surface area contributed by atoms with Gasteiger partial charge in [-0.25, -0.2) is 0 Å². The summed E-state index contributed by atoms with van der Waals surface area (Å²) >= 11 is 0. The molecule has 84 valence electrons. The number of likely N-dealkylation sites (N-methyl/N-ethyl adjacent to an activating group) is 1. The zero-order valence-electron chi connectivity index (χ0n) is 9.70. The highest BCUT2D eigenvalue weighted by molar-refractivity contribution is 4.81. The number of ether oxygens (including phenoxy) is 1. The minimum absolute atomic E-state index is 0.482. The van der Waals surface area contributed by atoms with E-state index in [1.807, 2.05) is 0 Å². The molecule has 0 spiro atoms. The third-order valence-corrected chi connectivity index (χ3v) is 3.32. The average Bonchev–Trinajstić information content (AvgIpc) is 2.20. The standard InChI is InChI=1S/C11H24N2O/c1-9(2)13(3)11(7-12)10-5-4-6-14-8-10/h9-11H,4-8,12H2,1-3H3. The Kier molecular flexibility index (Phi) is 4.85. The van der Waals surface area contributed by atoms with Gasteiger partial charge in [0.05, 0.1) is 6.61 Å². The van der Waals surface area contributed by atoms with E-state index in [-0.39, 0.29) is 0 Å². The maximum Gasteiger partial charge on any atom is 0.0509 e. The van der Waals surface area contributed by atoms with Crippen molar-refractivity contribution in [2.75, 3.05) is 26.8 Å². The summed E-state index contributed by atoms with van der Waals surface area (Å²) in [5.74, 6) is 0.626. The summed E-state index contributed by atoms with van der Waals surface area (Å²) in [5, 5.41) is 0. The summed E-state index contributed by atoms with van der Waals surface area (Å²) in [7, 11) is 2.16. The maximum absolute atomic E-state index is 5.85. The van der Waals surface area contributed by atoms with Gasteiger partial charge in [0.25, 0.3) is 0 Å². The predicted molar refractivity (Wildman–Crippen MR) is 59.3 cm³/mol. The highest BCUT2D eigenvalue weighted by atomic mass is 16.5. The minimum Gasteiger partial charge on any atom is -0.381 e. The first kappa shape index (κ1) is 12.0. The van der Waals surface area contributed by atoms with Gasteiger partial charge in [0.15, 0.2) is 0 Å². The molecule has 0 bridgehead atoms. The zero-order valence-corrected chi connectivity index (χ0v) is 9.70. The molecular weight excluding hydrogens is 176 g/mol. The van der Waals surface area contributed by atoms with Gasteiger partial charge < -0.3 is 10.5 Å². The molecule has 2 N–H and O–H groups in total. The maximum atomic E-state index is 5.85. The normalized spacial score (nSPS) is 25.7. The molecule has 1 aliphatic rings. The molecule has 3 nitrogen and oxygen atoms in total. The molecule has 0 radical (unpaired) electrons. The van der Waals surface area contributed by atoms with Crippen molar-refractivity contribution in [2.45, 2.75) is 38.8 Å². The lowest BCUT2D eigenvalue weighted by Crippen LogP contribution is -2.48.